The van der Waals surface area contributed by atoms with Gasteiger partial charge >= 0.3 is 0 Å². The number of hydrogen-bond acceptors (Lipinski definition) is 4. The Kier molecular flexibility index (Phi) is 7.59. The van der Waals surface area contributed by atoms with E-state index in [9.17, 15) is 9.18 Å². The Labute approximate surface area is 151 Å². The number of aryl methyl sites for hydroxylation is 1. The van der Waals surface area contributed by atoms with Crippen LogP contribution in [0.2, 0.25) is 0 Å². The van der Waals surface area contributed by atoms with E-state index in [2.05, 4.69) is 20.1 Å². The van der Waals surface area contributed by atoms with Gasteiger partial charge < -0.3 is 15.6 Å². The van der Waals surface area contributed by atoms with Gasteiger partial charge in [0.2, 0.25) is 5.91 Å². The van der Waals surface area contributed by atoms with E-state index in [4.69, 9.17) is 5.73 Å². The molecule has 1 aliphatic rings. The number of fused-ring (bicyclic) bond motifs is 1. The number of anilines is 1. The lowest BCUT2D eigenvalue weighted by molar-refractivity contribution is -0.114. The van der Waals surface area contributed by atoms with E-state index in [1.807, 2.05) is 0 Å². The zero-order valence-electron chi connectivity index (χ0n) is 13.0. The van der Waals surface area contributed by atoms with E-state index in [-0.39, 0.29) is 37.0 Å². The van der Waals surface area contributed by atoms with Crippen molar-refractivity contribution in [2.75, 3.05) is 11.9 Å². The Hall–Kier alpha value is -1.70. The molecule has 0 radical (unpaired) electrons. The van der Waals surface area contributed by atoms with Gasteiger partial charge in [0.25, 0.3) is 0 Å². The molecule has 6 nitrogen and oxygen atoms in total. The van der Waals surface area contributed by atoms with Gasteiger partial charge in [-0.2, -0.15) is 0 Å². The Morgan fingerprint density at radius 1 is 1.25 bits per heavy atom. The molecule has 132 valence electrons. The van der Waals surface area contributed by atoms with E-state index >= 15 is 0 Å². The van der Waals surface area contributed by atoms with Gasteiger partial charge in [0.05, 0.1) is 12.2 Å². The van der Waals surface area contributed by atoms with Crippen LogP contribution < -0.4 is 11.1 Å². The van der Waals surface area contributed by atoms with Crippen molar-refractivity contribution in [3.05, 3.63) is 29.8 Å². The van der Waals surface area contributed by atoms with Crippen LogP contribution in [-0.2, 0) is 17.8 Å². The first-order valence-electron chi connectivity index (χ1n) is 7.41. The van der Waals surface area contributed by atoms with Crippen LogP contribution in [-0.4, -0.2) is 27.2 Å². The van der Waals surface area contributed by atoms with Crippen LogP contribution in [0.4, 0.5) is 10.1 Å². The quantitative estimate of drug-likeness (QED) is 0.862. The van der Waals surface area contributed by atoms with Crippen molar-refractivity contribution < 1.29 is 9.18 Å². The lowest BCUT2D eigenvalue weighted by Crippen LogP contribution is -2.22. The molecule has 3 rings (SSSR count). The number of halogens is 3. The highest BCUT2D eigenvalue weighted by molar-refractivity contribution is 5.92. The molecule has 9 heteroatoms. The number of aromatic nitrogens is 3. The highest BCUT2D eigenvalue weighted by Crippen LogP contribution is 2.26. The third-order valence-electron chi connectivity index (χ3n) is 3.79. The predicted octanol–water partition coefficient (Wildman–Crippen LogP) is 2.55. The van der Waals surface area contributed by atoms with Gasteiger partial charge in [-0.25, -0.2) is 4.39 Å². The van der Waals surface area contributed by atoms with E-state index in [1.54, 1.807) is 12.1 Å². The van der Waals surface area contributed by atoms with E-state index in [0.717, 1.165) is 37.2 Å². The molecule has 0 saturated carbocycles. The predicted molar refractivity (Wildman–Crippen MR) is 95.2 cm³/mol. The van der Waals surface area contributed by atoms with Crippen molar-refractivity contribution in [1.29, 1.82) is 0 Å². The third-order valence-corrected chi connectivity index (χ3v) is 3.79. The Balaban J connectivity index is 0.00000144. The molecule has 1 aromatic carbocycles. The van der Waals surface area contributed by atoms with Crippen molar-refractivity contribution in [2.24, 2.45) is 5.73 Å². The van der Waals surface area contributed by atoms with Crippen LogP contribution in [0.15, 0.2) is 18.2 Å². The monoisotopic (exact) mass is 375 g/mol. The van der Waals surface area contributed by atoms with Gasteiger partial charge in [0.15, 0.2) is 5.82 Å². The van der Waals surface area contributed by atoms with E-state index in [0.29, 0.717) is 5.82 Å². The minimum absolute atomic E-state index is 0. The van der Waals surface area contributed by atoms with Crippen LogP contribution >= 0.6 is 24.8 Å². The van der Waals surface area contributed by atoms with Crippen LogP contribution in [0.25, 0.3) is 11.4 Å². The van der Waals surface area contributed by atoms with Crippen LogP contribution in [0.5, 0.6) is 0 Å². The number of benzene rings is 1. The summed E-state index contributed by atoms with van der Waals surface area (Å²) in [7, 11) is 0. The van der Waals surface area contributed by atoms with Gasteiger partial charge in [-0.05, 0) is 31.0 Å². The SMILES string of the molecule is Cl.Cl.NCC(=O)Nc1cc(-c2nnc3n2CCCCC3)ccc1F. The highest BCUT2D eigenvalue weighted by atomic mass is 35.5. The summed E-state index contributed by atoms with van der Waals surface area (Å²) >= 11 is 0. The normalized spacial score (nSPS) is 13.1. The molecule has 24 heavy (non-hydrogen) atoms. The van der Waals surface area contributed by atoms with E-state index in [1.165, 1.54) is 12.5 Å². The summed E-state index contributed by atoms with van der Waals surface area (Å²) in [6.45, 7) is 0.670. The second-order valence-electron chi connectivity index (χ2n) is 5.35. The largest absolute Gasteiger partial charge is 0.322 e. The first kappa shape index (κ1) is 20.3. The second-order valence-corrected chi connectivity index (χ2v) is 5.35. The van der Waals surface area contributed by atoms with Gasteiger partial charge in [-0.3, -0.25) is 4.79 Å². The molecule has 0 unspecified atom stereocenters. The first-order valence-corrected chi connectivity index (χ1v) is 7.41. The molecule has 2 heterocycles. The average molecular weight is 376 g/mol. The summed E-state index contributed by atoms with van der Waals surface area (Å²) in [6.07, 6.45) is 4.27. The number of nitrogens with two attached hydrogens (primary N) is 1. The van der Waals surface area contributed by atoms with Gasteiger partial charge in [-0.15, -0.1) is 35.0 Å². The summed E-state index contributed by atoms with van der Waals surface area (Å²) in [5.74, 6) is 0.738. The van der Waals surface area contributed by atoms with Gasteiger partial charge in [-0.1, -0.05) is 6.42 Å². The number of carbonyl (C=O) groups is 1. The fourth-order valence-corrected chi connectivity index (χ4v) is 2.66. The van der Waals surface area contributed by atoms with Crippen molar-refractivity contribution in [2.45, 2.75) is 32.2 Å². The van der Waals surface area contributed by atoms with Gasteiger partial charge in [0.1, 0.15) is 11.6 Å². The summed E-state index contributed by atoms with van der Waals surface area (Å²) in [4.78, 5) is 11.4. The van der Waals surface area contributed by atoms with Crippen molar-refractivity contribution in [3.63, 3.8) is 0 Å². The minimum atomic E-state index is -0.499. The minimum Gasteiger partial charge on any atom is -0.322 e. The van der Waals surface area contributed by atoms with Crippen molar-refractivity contribution in [1.82, 2.24) is 14.8 Å². The smallest absolute Gasteiger partial charge is 0.238 e. The summed E-state index contributed by atoms with van der Waals surface area (Å²) in [5, 5.41) is 10.9. The Bertz CT molecular complexity index is 707. The number of hydrogen-bond donors (Lipinski definition) is 2. The maximum atomic E-state index is 13.8. The van der Waals surface area contributed by atoms with Crippen LogP contribution in [0.1, 0.15) is 25.1 Å². The highest BCUT2D eigenvalue weighted by Gasteiger charge is 2.17. The number of nitrogens with zero attached hydrogens (tertiary/aromatic N) is 3. The second kappa shape index (κ2) is 8.96. The lowest BCUT2D eigenvalue weighted by atomic mass is 10.1. The molecule has 0 aliphatic carbocycles. The Morgan fingerprint density at radius 2 is 2.04 bits per heavy atom. The average Bonchev–Trinajstić information content (AvgIpc) is 2.78. The molecule has 1 aromatic heterocycles. The molecular weight excluding hydrogens is 356 g/mol. The fourth-order valence-electron chi connectivity index (χ4n) is 2.66. The third kappa shape index (κ3) is 4.23. The molecule has 1 amide bonds. The molecule has 0 saturated heterocycles. The fraction of sp³-hybridized carbons (Fsp3) is 0.400. The summed E-state index contributed by atoms with van der Waals surface area (Å²) in [5.41, 5.74) is 6.09. The topological polar surface area (TPSA) is 85.8 Å². The number of rotatable bonds is 3. The maximum Gasteiger partial charge on any atom is 0.238 e. The van der Waals surface area contributed by atoms with Crippen LogP contribution in [0.3, 0.4) is 0 Å². The van der Waals surface area contributed by atoms with Crippen molar-refractivity contribution >= 4 is 36.4 Å². The number of nitrogens with one attached hydrogen (secondary N) is 1. The Morgan fingerprint density at radius 3 is 2.79 bits per heavy atom. The first-order chi connectivity index (χ1) is 10.7. The molecule has 0 spiro atoms. The molecule has 0 bridgehead atoms. The lowest BCUT2D eigenvalue weighted by Gasteiger charge is -2.10. The molecule has 2 aromatic rings. The molecule has 3 N–H and O–H groups in total. The molecule has 0 fully saturated rings. The zero-order chi connectivity index (χ0) is 15.5. The zero-order valence-corrected chi connectivity index (χ0v) is 14.6. The van der Waals surface area contributed by atoms with Gasteiger partial charge in [0, 0.05) is 18.5 Å². The maximum absolute atomic E-state index is 13.8. The van der Waals surface area contributed by atoms with E-state index < -0.39 is 11.7 Å². The standard InChI is InChI=1S/C15H18FN5O.2ClH/c16-11-6-5-10(8-12(11)18-14(22)9-17)15-20-19-13-4-2-1-3-7-21(13)15;;/h5-6,8H,1-4,7,9,17H2,(H,18,22);2*1H. The number of carbonyl (C=O) groups excluding carboxylic acids is 1. The summed E-state index contributed by atoms with van der Waals surface area (Å²) < 4.78 is 15.9. The van der Waals surface area contributed by atoms with Crippen molar-refractivity contribution in [3.8, 4) is 11.4 Å². The molecular formula is C15H20Cl2FN5O. The number of amides is 1. The molecule has 1 aliphatic heterocycles. The molecule has 0 atom stereocenters. The summed E-state index contributed by atoms with van der Waals surface area (Å²) in [6, 6.07) is 4.54. The van der Waals surface area contributed by atoms with Crippen LogP contribution in [0, 0.1) is 5.82 Å².